The topological polar surface area (TPSA) is 37.4 Å². The van der Waals surface area contributed by atoms with E-state index in [2.05, 4.69) is 0 Å². The second-order valence-electron chi connectivity index (χ2n) is 5.02. The van der Waals surface area contributed by atoms with E-state index in [9.17, 15) is 8.42 Å². The molecule has 0 unspecified atom stereocenters. The standard InChI is InChI=1S/C15H16ClNO2S2/c1-2-13-11-8-10-20-14(11)7-9-17(13)21(18,19)15-6-4-3-5-12(15)16/h3-6,8,10,13H,2,7,9H2,1H3/t13-/m1/s1. The maximum absolute atomic E-state index is 13.0. The van der Waals surface area contributed by atoms with Gasteiger partial charge in [-0.3, -0.25) is 0 Å². The number of hydrogen-bond donors (Lipinski definition) is 0. The van der Waals surface area contributed by atoms with Gasteiger partial charge in [0.05, 0.1) is 11.1 Å². The molecule has 0 radical (unpaired) electrons. The summed E-state index contributed by atoms with van der Waals surface area (Å²) in [4.78, 5) is 1.50. The number of fused-ring (bicyclic) bond motifs is 1. The molecule has 0 N–H and O–H groups in total. The van der Waals surface area contributed by atoms with Crippen molar-refractivity contribution >= 4 is 33.0 Å². The molecule has 0 bridgehead atoms. The predicted molar refractivity (Wildman–Crippen MR) is 86.4 cm³/mol. The molecule has 3 nitrogen and oxygen atoms in total. The fourth-order valence-electron chi connectivity index (χ4n) is 2.86. The SMILES string of the molecule is CC[C@@H]1c2ccsc2CCN1S(=O)(=O)c1ccccc1Cl. The lowest BCUT2D eigenvalue weighted by atomic mass is 10.0. The largest absolute Gasteiger partial charge is 0.245 e. The van der Waals surface area contributed by atoms with E-state index in [1.165, 1.54) is 4.88 Å². The highest BCUT2D eigenvalue weighted by Crippen LogP contribution is 2.39. The van der Waals surface area contributed by atoms with Gasteiger partial charge in [0.1, 0.15) is 4.90 Å². The maximum atomic E-state index is 13.0. The van der Waals surface area contributed by atoms with Crippen LogP contribution in [-0.4, -0.2) is 19.3 Å². The molecule has 0 fully saturated rings. The molecule has 0 saturated carbocycles. The van der Waals surface area contributed by atoms with Gasteiger partial charge >= 0.3 is 0 Å². The van der Waals surface area contributed by atoms with E-state index in [1.54, 1.807) is 39.9 Å². The molecule has 112 valence electrons. The fourth-order valence-corrected chi connectivity index (χ4v) is 5.97. The molecular weight excluding hydrogens is 326 g/mol. The predicted octanol–water partition coefficient (Wildman–Crippen LogP) is 4.10. The van der Waals surface area contributed by atoms with Crippen molar-refractivity contribution in [1.82, 2.24) is 4.31 Å². The van der Waals surface area contributed by atoms with Crippen molar-refractivity contribution in [2.75, 3.05) is 6.54 Å². The average molecular weight is 342 g/mol. The van der Waals surface area contributed by atoms with Crippen LogP contribution in [0.2, 0.25) is 5.02 Å². The minimum Gasteiger partial charge on any atom is -0.207 e. The van der Waals surface area contributed by atoms with Gasteiger partial charge in [-0.25, -0.2) is 8.42 Å². The minimum atomic E-state index is -3.57. The normalized spacial score (nSPS) is 19.4. The third kappa shape index (κ3) is 2.52. The third-order valence-corrected chi connectivity index (χ3v) is 7.26. The van der Waals surface area contributed by atoms with E-state index in [0.29, 0.717) is 6.54 Å². The van der Waals surface area contributed by atoms with Gasteiger partial charge in [0.15, 0.2) is 0 Å². The molecule has 1 aromatic carbocycles. The summed E-state index contributed by atoms with van der Waals surface area (Å²) in [6.07, 6.45) is 1.53. The van der Waals surface area contributed by atoms with Gasteiger partial charge in [0.25, 0.3) is 0 Å². The van der Waals surface area contributed by atoms with Crippen LogP contribution < -0.4 is 0 Å². The second kappa shape index (κ2) is 5.72. The van der Waals surface area contributed by atoms with Gasteiger partial charge in [0.2, 0.25) is 10.0 Å². The van der Waals surface area contributed by atoms with E-state index < -0.39 is 10.0 Å². The first kappa shape index (κ1) is 15.0. The first-order valence-corrected chi connectivity index (χ1v) is 9.58. The highest BCUT2D eigenvalue weighted by Gasteiger charge is 2.36. The summed E-state index contributed by atoms with van der Waals surface area (Å²) in [5.74, 6) is 0. The van der Waals surface area contributed by atoms with Crippen molar-refractivity contribution in [2.45, 2.75) is 30.7 Å². The lowest BCUT2D eigenvalue weighted by molar-refractivity contribution is 0.303. The molecule has 0 amide bonds. The molecule has 2 aromatic rings. The second-order valence-corrected chi connectivity index (χ2v) is 8.29. The van der Waals surface area contributed by atoms with E-state index in [-0.39, 0.29) is 16.0 Å². The summed E-state index contributed by atoms with van der Waals surface area (Å²) >= 11 is 7.80. The molecule has 0 aliphatic carbocycles. The van der Waals surface area contributed by atoms with Crippen LogP contribution >= 0.6 is 22.9 Å². The number of sulfonamides is 1. The van der Waals surface area contributed by atoms with Crippen molar-refractivity contribution in [3.63, 3.8) is 0 Å². The van der Waals surface area contributed by atoms with Gasteiger partial charge in [-0.05, 0) is 42.0 Å². The number of hydrogen-bond acceptors (Lipinski definition) is 3. The molecule has 2 heterocycles. The van der Waals surface area contributed by atoms with Crippen molar-refractivity contribution in [2.24, 2.45) is 0 Å². The highest BCUT2D eigenvalue weighted by molar-refractivity contribution is 7.89. The Hall–Kier alpha value is -0.880. The zero-order valence-corrected chi connectivity index (χ0v) is 14.0. The summed E-state index contributed by atoms with van der Waals surface area (Å²) in [6.45, 7) is 2.53. The van der Waals surface area contributed by atoms with Crippen LogP contribution in [0.15, 0.2) is 40.6 Å². The zero-order chi connectivity index (χ0) is 15.0. The number of rotatable bonds is 3. The van der Waals surface area contributed by atoms with Gasteiger partial charge in [-0.15, -0.1) is 11.3 Å². The summed E-state index contributed by atoms with van der Waals surface area (Å²) in [6, 6.07) is 8.60. The summed E-state index contributed by atoms with van der Waals surface area (Å²) in [5.41, 5.74) is 1.14. The minimum absolute atomic E-state index is 0.0960. The van der Waals surface area contributed by atoms with Crippen LogP contribution in [0.5, 0.6) is 0 Å². The van der Waals surface area contributed by atoms with Crippen LogP contribution in [0.4, 0.5) is 0 Å². The molecule has 0 spiro atoms. The van der Waals surface area contributed by atoms with E-state index in [0.717, 1.165) is 18.4 Å². The summed E-state index contributed by atoms with van der Waals surface area (Å²) < 4.78 is 27.5. The van der Waals surface area contributed by atoms with Crippen LogP contribution in [0.25, 0.3) is 0 Å². The molecule has 1 atom stereocenters. The maximum Gasteiger partial charge on any atom is 0.245 e. The fraction of sp³-hybridized carbons (Fsp3) is 0.333. The van der Waals surface area contributed by atoms with E-state index in [1.807, 2.05) is 18.4 Å². The number of benzene rings is 1. The first-order valence-electron chi connectivity index (χ1n) is 6.88. The molecule has 6 heteroatoms. The van der Waals surface area contributed by atoms with Crippen LogP contribution in [0, 0.1) is 0 Å². The Bertz CT molecular complexity index is 755. The molecule has 21 heavy (non-hydrogen) atoms. The molecule has 1 aliphatic heterocycles. The number of nitrogens with zero attached hydrogens (tertiary/aromatic N) is 1. The Kier molecular flexibility index (Phi) is 4.10. The van der Waals surface area contributed by atoms with Crippen LogP contribution in [0.1, 0.15) is 29.8 Å². The van der Waals surface area contributed by atoms with Crippen molar-refractivity contribution in [3.8, 4) is 0 Å². The molecule has 1 aliphatic rings. The van der Waals surface area contributed by atoms with Gasteiger partial charge in [-0.1, -0.05) is 30.7 Å². The number of thiophene rings is 1. The van der Waals surface area contributed by atoms with E-state index >= 15 is 0 Å². The lowest BCUT2D eigenvalue weighted by Gasteiger charge is -2.34. The summed E-state index contributed by atoms with van der Waals surface area (Å²) in [7, 11) is -3.57. The molecule has 3 rings (SSSR count). The molecule has 0 saturated heterocycles. The van der Waals surface area contributed by atoms with Crippen LogP contribution in [0.3, 0.4) is 0 Å². The molecular formula is C15H16ClNO2S2. The van der Waals surface area contributed by atoms with Crippen molar-refractivity contribution in [1.29, 1.82) is 0 Å². The Labute approximate surface area is 134 Å². The quantitative estimate of drug-likeness (QED) is 0.842. The third-order valence-electron chi connectivity index (χ3n) is 3.86. The Morgan fingerprint density at radius 2 is 2.10 bits per heavy atom. The number of halogens is 1. The van der Waals surface area contributed by atoms with Crippen molar-refractivity contribution < 1.29 is 8.42 Å². The van der Waals surface area contributed by atoms with Gasteiger partial charge < -0.3 is 0 Å². The van der Waals surface area contributed by atoms with Crippen molar-refractivity contribution in [3.05, 3.63) is 51.2 Å². The Morgan fingerprint density at radius 1 is 1.33 bits per heavy atom. The lowest BCUT2D eigenvalue weighted by Crippen LogP contribution is -2.39. The Morgan fingerprint density at radius 3 is 2.81 bits per heavy atom. The molecule has 1 aromatic heterocycles. The van der Waals surface area contributed by atoms with Gasteiger partial charge in [0, 0.05) is 11.4 Å². The zero-order valence-electron chi connectivity index (χ0n) is 11.6. The smallest absolute Gasteiger partial charge is 0.207 e. The average Bonchev–Trinajstić information content (AvgIpc) is 2.94. The van der Waals surface area contributed by atoms with Gasteiger partial charge in [-0.2, -0.15) is 4.31 Å². The summed E-state index contributed by atoms with van der Waals surface area (Å²) in [5, 5.41) is 2.32. The van der Waals surface area contributed by atoms with E-state index in [4.69, 9.17) is 11.6 Å². The highest BCUT2D eigenvalue weighted by atomic mass is 35.5. The first-order chi connectivity index (χ1) is 10.1. The Balaban J connectivity index is 2.06. The van der Waals surface area contributed by atoms with Crippen LogP contribution in [-0.2, 0) is 16.4 Å². The monoisotopic (exact) mass is 341 g/mol.